The van der Waals surface area contributed by atoms with Gasteiger partial charge < -0.3 is 15.7 Å². The van der Waals surface area contributed by atoms with Crippen LogP contribution in [0.5, 0.6) is 5.88 Å². The fourth-order valence-electron chi connectivity index (χ4n) is 3.74. The minimum atomic E-state index is -1.04. The Bertz CT molecular complexity index is 1460. The molecule has 1 aromatic heterocycles. The molecular weight excluding hydrogens is 518 g/mol. The summed E-state index contributed by atoms with van der Waals surface area (Å²) in [5.74, 6) is -1.13. The molecule has 4 rings (SSSR count). The Hall–Kier alpha value is -3.83. The average molecular weight is 542 g/mol. The van der Waals surface area contributed by atoms with E-state index in [1.165, 1.54) is 0 Å². The van der Waals surface area contributed by atoms with E-state index < -0.39 is 34.3 Å². The number of carbonyl (C=O) groups excluding carboxylic acids is 2. The molecule has 0 bridgehead atoms. The molecule has 1 fully saturated rings. The van der Waals surface area contributed by atoms with Crippen LogP contribution in [0.2, 0.25) is 5.02 Å². The summed E-state index contributed by atoms with van der Waals surface area (Å²) in [4.78, 5) is 58.1. The number of aromatic amines is 2. The quantitative estimate of drug-likeness (QED) is 0.309. The van der Waals surface area contributed by atoms with E-state index in [9.17, 15) is 24.3 Å². The number of rotatable bonds is 7. The topological polar surface area (TPSA) is 157 Å². The molecule has 12 heteroatoms. The van der Waals surface area contributed by atoms with Gasteiger partial charge in [-0.1, -0.05) is 61.5 Å². The zero-order chi connectivity index (χ0) is 26.7. The highest BCUT2D eigenvalue weighted by atomic mass is 35.5. The molecule has 192 valence electrons. The van der Waals surface area contributed by atoms with Crippen LogP contribution in [-0.4, -0.2) is 37.3 Å². The molecule has 0 spiro atoms. The van der Waals surface area contributed by atoms with Crippen LogP contribution >= 0.6 is 23.4 Å². The van der Waals surface area contributed by atoms with Crippen molar-refractivity contribution in [1.82, 2.24) is 15.3 Å². The Labute approximate surface area is 220 Å². The smallest absolute Gasteiger partial charge is 0.328 e. The molecule has 5 N–H and O–H groups in total. The molecule has 2 atom stereocenters. The maximum absolute atomic E-state index is 12.6. The van der Waals surface area contributed by atoms with E-state index in [0.29, 0.717) is 16.3 Å². The van der Waals surface area contributed by atoms with Crippen LogP contribution in [0.3, 0.4) is 0 Å². The van der Waals surface area contributed by atoms with Gasteiger partial charge in [0.25, 0.3) is 5.56 Å². The number of benzene rings is 2. The maximum atomic E-state index is 12.6. The Morgan fingerprint density at radius 3 is 2.32 bits per heavy atom. The Balaban J connectivity index is 1.60. The zero-order valence-electron chi connectivity index (χ0n) is 19.9. The number of hydrogen-bond donors (Lipinski definition) is 5. The van der Waals surface area contributed by atoms with Crippen molar-refractivity contribution in [1.29, 1.82) is 0 Å². The van der Waals surface area contributed by atoms with Crippen molar-refractivity contribution in [3.05, 3.63) is 91.1 Å². The number of amides is 2. The third-order valence-corrected chi connectivity index (χ3v) is 7.02. The predicted octanol–water partition coefficient (Wildman–Crippen LogP) is 3.25. The van der Waals surface area contributed by atoms with Gasteiger partial charge in [-0.05, 0) is 41.3 Å². The van der Waals surface area contributed by atoms with Crippen LogP contribution in [0.25, 0.3) is 0 Å². The summed E-state index contributed by atoms with van der Waals surface area (Å²) in [6.07, 6.45) is -0.115. The van der Waals surface area contributed by atoms with Crippen LogP contribution in [0.4, 0.5) is 5.69 Å². The van der Waals surface area contributed by atoms with Crippen molar-refractivity contribution >= 4 is 46.0 Å². The summed E-state index contributed by atoms with van der Waals surface area (Å²) < 4.78 is 0. The Kier molecular flexibility index (Phi) is 7.84. The lowest BCUT2D eigenvalue weighted by Gasteiger charge is -2.15. The molecule has 0 unspecified atom stereocenters. The number of halogens is 1. The lowest BCUT2D eigenvalue weighted by atomic mass is 9.96. The number of anilines is 1. The minimum Gasteiger partial charge on any atom is -0.494 e. The molecule has 0 radical (unpaired) electrons. The number of nitrogens with one attached hydrogen (secondary N) is 4. The first kappa shape index (κ1) is 26.2. The molecule has 1 aliphatic rings. The first-order chi connectivity index (χ1) is 17.6. The van der Waals surface area contributed by atoms with Crippen molar-refractivity contribution < 1.29 is 14.7 Å². The predicted molar refractivity (Wildman–Crippen MR) is 143 cm³/mol. The third-order valence-electron chi connectivity index (χ3n) is 5.67. The molecule has 2 amide bonds. The molecule has 3 aromatic rings. The van der Waals surface area contributed by atoms with Crippen LogP contribution in [0, 0.1) is 0 Å². The zero-order valence-corrected chi connectivity index (χ0v) is 21.4. The van der Waals surface area contributed by atoms with Gasteiger partial charge in [0.2, 0.25) is 17.7 Å². The number of thioether (sulfide) groups is 1. The molecule has 1 aliphatic heterocycles. The highest BCUT2D eigenvalue weighted by molar-refractivity contribution is 8.15. The van der Waals surface area contributed by atoms with Crippen molar-refractivity contribution in [3.63, 3.8) is 0 Å². The summed E-state index contributed by atoms with van der Waals surface area (Å²) >= 11 is 6.91. The average Bonchev–Trinajstić information content (AvgIpc) is 3.17. The number of aliphatic imine (C=N–C) groups is 1. The van der Waals surface area contributed by atoms with E-state index >= 15 is 0 Å². The summed E-state index contributed by atoms with van der Waals surface area (Å²) in [6.45, 7) is 4.08. The fourth-order valence-corrected chi connectivity index (χ4v) is 4.86. The van der Waals surface area contributed by atoms with Gasteiger partial charge in [0, 0.05) is 17.1 Å². The molecular formula is C25H24ClN5O5S. The van der Waals surface area contributed by atoms with Gasteiger partial charge in [0.15, 0.2) is 5.17 Å². The second-order valence-corrected chi connectivity index (χ2v) is 10.3. The highest BCUT2D eigenvalue weighted by Crippen LogP contribution is 2.32. The molecule has 2 heterocycles. The summed E-state index contributed by atoms with van der Waals surface area (Å²) in [7, 11) is 0. The van der Waals surface area contributed by atoms with Crippen molar-refractivity contribution in [2.45, 2.75) is 37.5 Å². The largest absolute Gasteiger partial charge is 0.494 e. The van der Waals surface area contributed by atoms with Gasteiger partial charge in [0.05, 0.1) is 0 Å². The first-order valence-electron chi connectivity index (χ1n) is 11.4. The number of H-pyrrole nitrogens is 2. The summed E-state index contributed by atoms with van der Waals surface area (Å²) in [5.41, 5.74) is 0.320. The summed E-state index contributed by atoms with van der Waals surface area (Å²) in [6, 6.07) is 12.9. The second kappa shape index (κ2) is 11.1. The molecule has 0 saturated carbocycles. The third kappa shape index (κ3) is 6.30. The molecule has 10 nitrogen and oxygen atoms in total. The van der Waals surface area contributed by atoms with Gasteiger partial charge in [-0.15, -0.1) is 0 Å². The first-order valence-corrected chi connectivity index (χ1v) is 12.6. The van der Waals surface area contributed by atoms with E-state index in [2.05, 4.69) is 25.6 Å². The highest BCUT2D eigenvalue weighted by Gasteiger charge is 2.34. The lowest BCUT2D eigenvalue weighted by Crippen LogP contribution is -2.29. The van der Waals surface area contributed by atoms with E-state index in [1.807, 2.05) is 26.0 Å². The SMILES string of the molecule is CC(C)c1ccc([C@H](N=C2NC(=O)[C@H](CC(=O)Nc3ccc(Cl)cc3)S2)c2c(O)[nH]c(=O)[nH]c2=O)cc1. The van der Waals surface area contributed by atoms with Gasteiger partial charge in [-0.2, -0.15) is 0 Å². The number of nitrogens with zero attached hydrogens (tertiary/aromatic N) is 1. The van der Waals surface area contributed by atoms with Gasteiger partial charge in [-0.3, -0.25) is 24.4 Å². The Morgan fingerprint density at radius 2 is 1.70 bits per heavy atom. The number of carbonyl (C=O) groups is 2. The van der Waals surface area contributed by atoms with E-state index in [4.69, 9.17) is 11.6 Å². The molecule has 1 saturated heterocycles. The lowest BCUT2D eigenvalue weighted by molar-refractivity contribution is -0.122. The van der Waals surface area contributed by atoms with Gasteiger partial charge in [-0.25, -0.2) is 9.79 Å². The van der Waals surface area contributed by atoms with Gasteiger partial charge in [0.1, 0.15) is 16.9 Å². The normalized spacial score (nSPS) is 17.1. The van der Waals surface area contributed by atoms with Crippen LogP contribution in [0.15, 0.2) is 63.1 Å². The molecule has 0 aliphatic carbocycles. The number of aromatic nitrogens is 2. The molecule has 37 heavy (non-hydrogen) atoms. The molecule has 2 aromatic carbocycles. The van der Waals surface area contributed by atoms with Crippen LogP contribution in [-0.2, 0) is 9.59 Å². The maximum Gasteiger partial charge on any atom is 0.328 e. The fraction of sp³-hybridized carbons (Fsp3) is 0.240. The number of aromatic hydroxyl groups is 1. The van der Waals surface area contributed by atoms with E-state index in [-0.39, 0.29) is 29.0 Å². The number of hydrogen-bond acceptors (Lipinski definition) is 7. The van der Waals surface area contributed by atoms with Gasteiger partial charge >= 0.3 is 5.69 Å². The van der Waals surface area contributed by atoms with Crippen molar-refractivity contribution in [2.75, 3.05) is 5.32 Å². The second-order valence-electron chi connectivity index (χ2n) is 8.68. The standard InChI is InChI=1S/C25H24ClN5O5S/c1-12(2)13-3-5-14(6-4-13)20(19-22(34)29-24(36)30-23(19)35)28-25-31-21(33)17(37-25)11-18(32)27-16-9-7-15(26)8-10-16/h3-10,12,17,20H,11H2,1-2H3,(H,27,32)(H,28,31,33)(H3,29,30,34,35,36)/t17-,20-/m0/s1. The van der Waals surface area contributed by atoms with E-state index in [0.717, 1.165) is 17.3 Å². The Morgan fingerprint density at radius 1 is 1.05 bits per heavy atom. The monoisotopic (exact) mass is 541 g/mol. The van der Waals surface area contributed by atoms with Crippen molar-refractivity contribution in [2.24, 2.45) is 4.99 Å². The number of amidine groups is 1. The van der Waals surface area contributed by atoms with Crippen LogP contribution < -0.4 is 21.9 Å². The minimum absolute atomic E-state index is 0.115. The van der Waals surface area contributed by atoms with E-state index in [1.54, 1.807) is 36.4 Å². The summed E-state index contributed by atoms with van der Waals surface area (Å²) in [5, 5.41) is 15.7. The van der Waals surface area contributed by atoms with Crippen molar-refractivity contribution in [3.8, 4) is 5.88 Å². The van der Waals surface area contributed by atoms with Crippen LogP contribution in [0.1, 0.15) is 48.9 Å².